The molecule has 4 heteroatoms. The minimum atomic E-state index is -1.01. The van der Waals surface area contributed by atoms with Crippen LogP contribution >= 0.6 is 0 Å². The van der Waals surface area contributed by atoms with E-state index in [9.17, 15) is 15.0 Å². The number of carbonyl (C=O) groups excluding carboxylic acids is 1. The zero-order valence-electron chi connectivity index (χ0n) is 37.4. The summed E-state index contributed by atoms with van der Waals surface area (Å²) >= 11 is 0. The van der Waals surface area contributed by atoms with Crippen molar-refractivity contribution in [3.63, 3.8) is 0 Å². The van der Waals surface area contributed by atoms with E-state index in [0.717, 1.165) is 38.5 Å². The van der Waals surface area contributed by atoms with Gasteiger partial charge in [0.25, 0.3) is 0 Å². The second-order valence-corrected chi connectivity index (χ2v) is 17.6. The maximum Gasteiger partial charge on any atom is 0.306 e. The smallest absolute Gasteiger partial charge is 0.306 e. The number of aliphatic hydroxyl groups is 2. The maximum atomic E-state index is 13.2. The Morgan fingerprint density at radius 3 is 0.852 bits per heavy atom. The molecule has 1 unspecified atom stereocenters. The summed E-state index contributed by atoms with van der Waals surface area (Å²) in [5.41, 5.74) is -0.947. The average Bonchev–Trinajstić information content (AvgIpc) is 3.18. The van der Waals surface area contributed by atoms with E-state index in [0.29, 0.717) is 19.3 Å². The van der Waals surface area contributed by atoms with Gasteiger partial charge in [-0.05, 0) is 32.1 Å². The molecule has 4 nitrogen and oxygen atoms in total. The lowest BCUT2D eigenvalue weighted by atomic mass is 9.84. The molecule has 0 aliphatic carbocycles. The van der Waals surface area contributed by atoms with E-state index in [1.807, 2.05) is 0 Å². The Labute approximate surface area is 339 Å². The standard InChI is InChI=1S/C50H100O4/c1-4-7-10-13-16-19-22-25-27-30-33-36-39-42-45-50(48(52)47-51,46-43-40-37-34-31-28-26-23-20-17-14-11-8-5-2)54-49(53)44-41-38-35-32-29-24-21-18-15-12-9-6-3/h48,51-52H,4-47H2,1-3H3. The van der Waals surface area contributed by atoms with Gasteiger partial charge < -0.3 is 14.9 Å². The summed E-state index contributed by atoms with van der Waals surface area (Å²) in [7, 11) is 0. The number of hydrogen-bond donors (Lipinski definition) is 2. The maximum absolute atomic E-state index is 13.2. The van der Waals surface area contributed by atoms with E-state index in [4.69, 9.17) is 4.74 Å². The van der Waals surface area contributed by atoms with E-state index in [2.05, 4.69) is 20.8 Å². The number of carbonyl (C=O) groups is 1. The Morgan fingerprint density at radius 2 is 0.611 bits per heavy atom. The van der Waals surface area contributed by atoms with Crippen LogP contribution in [0.15, 0.2) is 0 Å². The highest BCUT2D eigenvalue weighted by atomic mass is 16.6. The van der Waals surface area contributed by atoms with Crippen molar-refractivity contribution < 1.29 is 19.7 Å². The summed E-state index contributed by atoms with van der Waals surface area (Å²) in [4.78, 5) is 13.2. The molecule has 0 radical (unpaired) electrons. The molecule has 0 aliphatic rings. The van der Waals surface area contributed by atoms with E-state index < -0.39 is 11.7 Å². The molecule has 0 aromatic heterocycles. The van der Waals surface area contributed by atoms with Gasteiger partial charge in [0.2, 0.25) is 0 Å². The van der Waals surface area contributed by atoms with Gasteiger partial charge in [0, 0.05) is 6.42 Å². The lowest BCUT2D eigenvalue weighted by Crippen LogP contribution is -2.48. The van der Waals surface area contributed by atoms with Gasteiger partial charge in [-0.2, -0.15) is 0 Å². The minimum Gasteiger partial charge on any atom is -0.456 e. The number of aliphatic hydroxyl groups excluding tert-OH is 2. The Kier molecular flexibility index (Phi) is 43.0. The highest BCUT2D eigenvalue weighted by molar-refractivity contribution is 5.70. The molecule has 0 saturated carbocycles. The van der Waals surface area contributed by atoms with Crippen LogP contribution in [0, 0.1) is 0 Å². The molecule has 2 N–H and O–H groups in total. The molecule has 54 heavy (non-hydrogen) atoms. The molecule has 0 saturated heterocycles. The molecule has 0 heterocycles. The summed E-state index contributed by atoms with van der Waals surface area (Å²) in [6.45, 7) is 6.50. The number of unbranched alkanes of at least 4 members (excludes halogenated alkanes) is 37. The third-order valence-corrected chi connectivity index (χ3v) is 12.2. The van der Waals surface area contributed by atoms with Crippen molar-refractivity contribution in [2.75, 3.05) is 6.61 Å². The van der Waals surface area contributed by atoms with E-state index in [1.54, 1.807) is 0 Å². The van der Waals surface area contributed by atoms with Crippen LogP contribution in [-0.4, -0.2) is 34.5 Å². The zero-order chi connectivity index (χ0) is 39.5. The van der Waals surface area contributed by atoms with Crippen LogP contribution in [-0.2, 0) is 9.53 Å². The first kappa shape index (κ1) is 53.4. The van der Waals surface area contributed by atoms with Gasteiger partial charge in [0.15, 0.2) is 0 Å². The third kappa shape index (κ3) is 35.8. The molecule has 0 fully saturated rings. The van der Waals surface area contributed by atoms with Crippen LogP contribution < -0.4 is 0 Å². The van der Waals surface area contributed by atoms with Crippen molar-refractivity contribution in [3.05, 3.63) is 0 Å². The van der Waals surface area contributed by atoms with Crippen LogP contribution in [0.5, 0.6) is 0 Å². The summed E-state index contributed by atoms with van der Waals surface area (Å²) in [6.07, 6.45) is 52.5. The van der Waals surface area contributed by atoms with Crippen LogP contribution in [0.1, 0.15) is 297 Å². The minimum absolute atomic E-state index is 0.176. The second-order valence-electron chi connectivity index (χ2n) is 17.6. The largest absolute Gasteiger partial charge is 0.456 e. The van der Waals surface area contributed by atoms with E-state index in [1.165, 1.54) is 218 Å². The lowest BCUT2D eigenvalue weighted by Gasteiger charge is -2.37. The quantitative estimate of drug-likeness (QED) is 0.0478. The van der Waals surface area contributed by atoms with Gasteiger partial charge >= 0.3 is 5.97 Å². The van der Waals surface area contributed by atoms with Crippen molar-refractivity contribution in [1.29, 1.82) is 0 Å². The van der Waals surface area contributed by atoms with Crippen molar-refractivity contribution in [3.8, 4) is 0 Å². The Bertz CT molecular complexity index is 691. The first-order valence-corrected chi connectivity index (χ1v) is 25.1. The number of esters is 1. The summed E-state index contributed by atoms with van der Waals surface area (Å²) in [5, 5.41) is 21.3. The van der Waals surface area contributed by atoms with E-state index in [-0.39, 0.29) is 12.6 Å². The normalized spacial score (nSPS) is 12.5. The topological polar surface area (TPSA) is 66.8 Å². The lowest BCUT2D eigenvalue weighted by molar-refractivity contribution is -0.181. The average molecular weight is 765 g/mol. The first-order chi connectivity index (χ1) is 26.6. The van der Waals surface area contributed by atoms with Crippen molar-refractivity contribution in [1.82, 2.24) is 0 Å². The van der Waals surface area contributed by atoms with Crippen molar-refractivity contribution in [2.45, 2.75) is 309 Å². The molecule has 0 spiro atoms. The number of rotatable bonds is 46. The van der Waals surface area contributed by atoms with Crippen molar-refractivity contribution in [2.24, 2.45) is 0 Å². The molecular formula is C50H100O4. The Hall–Kier alpha value is -0.610. The Balaban J connectivity index is 4.60. The van der Waals surface area contributed by atoms with Crippen molar-refractivity contribution >= 4 is 5.97 Å². The highest BCUT2D eigenvalue weighted by Crippen LogP contribution is 2.32. The van der Waals surface area contributed by atoms with Gasteiger partial charge in [0.05, 0.1) is 6.61 Å². The summed E-state index contributed by atoms with van der Waals surface area (Å²) in [6, 6.07) is 0. The molecule has 324 valence electrons. The van der Waals surface area contributed by atoms with Gasteiger partial charge in [-0.25, -0.2) is 0 Å². The molecule has 0 aliphatic heterocycles. The zero-order valence-corrected chi connectivity index (χ0v) is 37.4. The fourth-order valence-corrected chi connectivity index (χ4v) is 8.42. The fraction of sp³-hybridized carbons (Fsp3) is 0.980. The molecule has 0 rings (SSSR count). The number of ether oxygens (including phenoxy) is 1. The van der Waals surface area contributed by atoms with Gasteiger partial charge in [-0.1, -0.05) is 258 Å². The number of hydrogen-bond acceptors (Lipinski definition) is 4. The molecule has 0 aromatic carbocycles. The van der Waals surface area contributed by atoms with Crippen LogP contribution in [0.2, 0.25) is 0 Å². The molecule has 0 amide bonds. The molecule has 0 bridgehead atoms. The SMILES string of the molecule is CCCCCCCCCCCCCCCCC(CCCCCCCCCCCCCCCC)(OC(=O)CCCCCCCCCCCCCC)C(O)CO. The monoisotopic (exact) mass is 765 g/mol. The van der Waals surface area contributed by atoms with Crippen LogP contribution in [0.4, 0.5) is 0 Å². The molecule has 0 aromatic rings. The molecule has 1 atom stereocenters. The first-order valence-electron chi connectivity index (χ1n) is 25.1. The third-order valence-electron chi connectivity index (χ3n) is 12.2. The fourth-order valence-electron chi connectivity index (χ4n) is 8.42. The van der Waals surface area contributed by atoms with Gasteiger partial charge in [-0.3, -0.25) is 4.79 Å². The van der Waals surface area contributed by atoms with Crippen LogP contribution in [0.3, 0.4) is 0 Å². The highest BCUT2D eigenvalue weighted by Gasteiger charge is 2.40. The summed E-state index contributed by atoms with van der Waals surface area (Å²) in [5.74, 6) is -0.176. The molecular weight excluding hydrogens is 665 g/mol. The van der Waals surface area contributed by atoms with Crippen LogP contribution in [0.25, 0.3) is 0 Å². The Morgan fingerprint density at radius 1 is 0.389 bits per heavy atom. The van der Waals surface area contributed by atoms with E-state index >= 15 is 0 Å². The second kappa shape index (κ2) is 43.5. The van der Waals surface area contributed by atoms with Gasteiger partial charge in [0.1, 0.15) is 11.7 Å². The predicted octanol–water partition coefficient (Wildman–Crippen LogP) is 16.5. The van der Waals surface area contributed by atoms with Gasteiger partial charge in [-0.15, -0.1) is 0 Å². The predicted molar refractivity (Wildman–Crippen MR) is 237 cm³/mol. The summed E-state index contributed by atoms with van der Waals surface area (Å²) < 4.78 is 6.27.